The number of esters is 2. The number of Topliss-reactive ketones (excluding diaryl/α,β-unsaturated/α-hetero) is 1. The highest BCUT2D eigenvalue weighted by molar-refractivity contribution is 7.47. The van der Waals surface area contributed by atoms with Crippen molar-refractivity contribution in [2.24, 2.45) is 11.8 Å². The van der Waals surface area contributed by atoms with Crippen molar-refractivity contribution in [3.8, 4) is 0 Å². The summed E-state index contributed by atoms with van der Waals surface area (Å²) in [6, 6.07) is 0. The third kappa shape index (κ3) is 25.2. The van der Waals surface area contributed by atoms with Gasteiger partial charge in [0.25, 0.3) is 0 Å². The first-order valence-electron chi connectivity index (χ1n) is 25.6. The highest BCUT2D eigenvalue weighted by Crippen LogP contribution is 2.47. The lowest BCUT2D eigenvalue weighted by Gasteiger charge is -2.37. The molecule has 8 N–H and O–H groups in total. The van der Waals surface area contributed by atoms with Crippen molar-refractivity contribution in [2.45, 2.75) is 255 Å². The summed E-state index contributed by atoms with van der Waals surface area (Å²) in [5, 5.41) is 78.5. The van der Waals surface area contributed by atoms with E-state index in [9.17, 15) is 59.6 Å². The molecule has 12 atom stereocenters. The number of aliphatic hydroxyl groups excluding tert-OH is 7. The Morgan fingerprint density at radius 2 is 1.24 bits per heavy atom. The van der Waals surface area contributed by atoms with Crippen LogP contribution in [0.3, 0.4) is 0 Å². The molecule has 0 spiro atoms. The van der Waals surface area contributed by atoms with Crippen LogP contribution in [0.15, 0.2) is 12.2 Å². The Labute approximate surface area is 394 Å². The fourth-order valence-electron chi connectivity index (χ4n) is 8.80. The van der Waals surface area contributed by atoms with Gasteiger partial charge in [0.15, 0.2) is 6.10 Å². The largest absolute Gasteiger partial charge is 0.472 e. The van der Waals surface area contributed by atoms with Crippen molar-refractivity contribution < 1.29 is 78.1 Å². The summed E-state index contributed by atoms with van der Waals surface area (Å²) in [5.41, 5.74) is 0. The Balaban J connectivity index is 2.06. The van der Waals surface area contributed by atoms with Gasteiger partial charge in [0, 0.05) is 25.2 Å². The molecule has 1 saturated carbocycles. The minimum atomic E-state index is -5.44. The second-order valence-electron chi connectivity index (χ2n) is 18.8. The molecule has 66 heavy (non-hydrogen) atoms. The van der Waals surface area contributed by atoms with Crippen LogP contribution in [-0.4, -0.2) is 127 Å². The number of ether oxygens (including phenoxy) is 2. The molecule has 1 heterocycles. The first-order valence-corrected chi connectivity index (χ1v) is 27.1. The lowest BCUT2D eigenvalue weighted by Crippen LogP contribution is -2.55. The van der Waals surface area contributed by atoms with Gasteiger partial charge >= 0.3 is 19.8 Å². The maximum atomic E-state index is 13.7. The molecule has 1 aliphatic carbocycles. The van der Waals surface area contributed by atoms with Gasteiger partial charge in [0.1, 0.15) is 36.8 Å². The lowest BCUT2D eigenvalue weighted by molar-refractivity contribution is -0.167. The molecule has 0 aromatic carbocycles. The van der Waals surface area contributed by atoms with Gasteiger partial charge in [-0.1, -0.05) is 167 Å². The van der Waals surface area contributed by atoms with Crippen molar-refractivity contribution >= 4 is 25.5 Å². The molecule has 2 bridgehead atoms. The molecule has 0 aromatic rings. The van der Waals surface area contributed by atoms with E-state index in [1.54, 1.807) is 0 Å². The summed E-state index contributed by atoms with van der Waals surface area (Å²) in [5.74, 6) is -4.94. The van der Waals surface area contributed by atoms with Gasteiger partial charge in [-0.05, 0) is 25.7 Å². The highest BCUT2D eigenvalue weighted by Gasteiger charge is 2.49. The number of carbonyl (C=O) groups excluding carboxylic acids is 3. The number of rotatable bonds is 26. The van der Waals surface area contributed by atoms with E-state index in [1.165, 1.54) is 83.1 Å². The molecule has 2 rings (SSSR count). The smallest absolute Gasteiger partial charge is 0.462 e. The van der Waals surface area contributed by atoms with Crippen LogP contribution < -0.4 is 0 Å². The van der Waals surface area contributed by atoms with Crippen molar-refractivity contribution in [3.05, 3.63) is 12.2 Å². The summed E-state index contributed by atoms with van der Waals surface area (Å²) in [6.07, 6.45) is 9.12. The van der Waals surface area contributed by atoms with E-state index in [2.05, 4.69) is 6.92 Å². The second kappa shape index (κ2) is 35.3. The van der Waals surface area contributed by atoms with Gasteiger partial charge in [-0.15, -0.1) is 0 Å². The van der Waals surface area contributed by atoms with Gasteiger partial charge in [0.05, 0.1) is 36.9 Å². The van der Waals surface area contributed by atoms with Crippen LogP contribution in [0.5, 0.6) is 0 Å². The molecule has 0 amide bonds. The number of phosphoric ester groups is 1. The van der Waals surface area contributed by atoms with Crippen LogP contribution in [0.25, 0.3) is 0 Å². The number of aliphatic hydroxyl groups is 7. The Bertz CT molecular complexity index is 1380. The molecule has 386 valence electrons. The van der Waals surface area contributed by atoms with E-state index in [0.717, 1.165) is 44.6 Å². The van der Waals surface area contributed by atoms with E-state index in [4.69, 9.17) is 18.5 Å². The number of unbranched alkanes of at least 4 members (excludes halogenated alkanes) is 18. The number of cyclic esters (lactones) is 1. The SMILES string of the molecule is CCCCCCCCCCCCCCCCCCCC(=O)OC[C@@H]1COP(=O)(O)O[C@H]2[C@H](O)[C@@H](O)[C@H](O)[C@@H](CCCCCCC(=O)O1)[C@@H](O)CC(=O)[C@H](/C=C/[C@@H](O)CCCCC)[C@@H](O)[C@H]2O. The first-order chi connectivity index (χ1) is 31.6. The zero-order valence-corrected chi connectivity index (χ0v) is 41.1. The van der Waals surface area contributed by atoms with E-state index in [1.807, 2.05) is 6.92 Å². The second-order valence-corrected chi connectivity index (χ2v) is 20.2. The van der Waals surface area contributed by atoms with Gasteiger partial charge in [0.2, 0.25) is 0 Å². The molecule has 1 unspecified atom stereocenters. The minimum Gasteiger partial charge on any atom is -0.462 e. The fourth-order valence-corrected chi connectivity index (χ4v) is 9.78. The lowest BCUT2D eigenvalue weighted by atomic mass is 9.82. The maximum absolute atomic E-state index is 13.7. The number of hydrogen-bond donors (Lipinski definition) is 8. The number of carbonyl (C=O) groups is 3. The number of phosphoric acid groups is 1. The number of fused-ring (bicyclic) bond motifs is 4. The standard InChI is InChI=1S/C49H89O16P/c1-3-5-7-8-9-10-11-12-13-14-15-16-17-18-19-20-25-29-42(53)62-34-37-35-63-66(60,61)65-49-47(58)45(56)39(32-31-36(50)27-23-6-4-2)41(52)33-40(51)38(44(55)46(57)48(49)59)28-24-21-22-26-30-43(54)64-37/h31-32,36-40,44-51,55-59H,3-30,33-35H2,1-2H3,(H,60,61)/b32-31+/t36-,37+,38-,39-,40-,44+,45+,46-,47+,48+,49+/m0/s1. The summed E-state index contributed by atoms with van der Waals surface area (Å²) >= 11 is 0. The van der Waals surface area contributed by atoms with Crippen molar-refractivity contribution in [2.75, 3.05) is 13.2 Å². The average Bonchev–Trinajstić information content (AvgIpc) is 3.28. The molecule has 2 aliphatic rings. The Kier molecular flexibility index (Phi) is 32.3. The molecule has 0 radical (unpaired) electrons. The van der Waals surface area contributed by atoms with E-state index in [0.29, 0.717) is 44.9 Å². The summed E-state index contributed by atoms with van der Waals surface area (Å²) in [7, 11) is -5.44. The van der Waals surface area contributed by atoms with Crippen molar-refractivity contribution in [1.29, 1.82) is 0 Å². The van der Waals surface area contributed by atoms with Gasteiger partial charge in [-0.3, -0.25) is 23.4 Å². The highest BCUT2D eigenvalue weighted by atomic mass is 31.2. The van der Waals surface area contributed by atoms with E-state index in [-0.39, 0.29) is 19.3 Å². The quantitative estimate of drug-likeness (QED) is 0.0184. The van der Waals surface area contributed by atoms with Crippen LogP contribution in [0, 0.1) is 11.8 Å². The zero-order chi connectivity index (χ0) is 48.7. The van der Waals surface area contributed by atoms with Crippen molar-refractivity contribution in [1.82, 2.24) is 0 Å². The number of hydrogen-bond acceptors (Lipinski definition) is 15. The van der Waals surface area contributed by atoms with Crippen LogP contribution in [-0.2, 0) is 37.5 Å². The van der Waals surface area contributed by atoms with E-state index < -0.39 is 112 Å². The minimum absolute atomic E-state index is 0.0334. The van der Waals surface area contributed by atoms with Gasteiger partial charge < -0.3 is 50.1 Å². The molecule has 1 aliphatic heterocycles. The first kappa shape index (κ1) is 60.3. The third-order valence-electron chi connectivity index (χ3n) is 13.0. The zero-order valence-electron chi connectivity index (χ0n) is 40.2. The van der Waals surface area contributed by atoms with Crippen LogP contribution in [0.4, 0.5) is 0 Å². The average molecular weight is 965 g/mol. The van der Waals surface area contributed by atoms with Crippen LogP contribution in [0.2, 0.25) is 0 Å². The molecule has 17 heteroatoms. The van der Waals surface area contributed by atoms with Crippen LogP contribution in [0.1, 0.15) is 200 Å². The van der Waals surface area contributed by atoms with Gasteiger partial charge in [-0.2, -0.15) is 0 Å². The monoisotopic (exact) mass is 965 g/mol. The predicted molar refractivity (Wildman–Crippen MR) is 250 cm³/mol. The molecular formula is C49H89O16P. The summed E-state index contributed by atoms with van der Waals surface area (Å²) in [4.78, 5) is 50.2. The maximum Gasteiger partial charge on any atom is 0.472 e. The predicted octanol–water partition coefficient (Wildman–Crippen LogP) is 7.21. The Hall–Kier alpha value is -1.82. The Morgan fingerprint density at radius 1 is 0.712 bits per heavy atom. The van der Waals surface area contributed by atoms with E-state index >= 15 is 0 Å². The summed E-state index contributed by atoms with van der Waals surface area (Å²) in [6.45, 7) is 2.85. The third-order valence-corrected chi connectivity index (χ3v) is 14.0. The molecule has 1 saturated heterocycles. The van der Waals surface area contributed by atoms with Crippen molar-refractivity contribution in [3.63, 3.8) is 0 Å². The topological polar surface area (TPSA) is 267 Å². The molecule has 16 nitrogen and oxygen atoms in total. The summed E-state index contributed by atoms with van der Waals surface area (Å²) < 4.78 is 34.7. The molecular weight excluding hydrogens is 875 g/mol. The van der Waals surface area contributed by atoms with Crippen LogP contribution >= 0.6 is 7.82 Å². The normalized spacial score (nSPS) is 30.7. The Morgan fingerprint density at radius 3 is 1.83 bits per heavy atom. The van der Waals surface area contributed by atoms with Gasteiger partial charge in [-0.25, -0.2) is 4.57 Å². The number of ketones is 1. The fraction of sp³-hybridized carbons (Fsp3) is 0.898. The molecule has 2 fully saturated rings. The molecule has 0 aromatic heterocycles.